The van der Waals surface area contributed by atoms with E-state index in [1.54, 1.807) is 18.5 Å². The number of carbonyl (C=O) groups excluding carboxylic acids is 1. The first kappa shape index (κ1) is 15.2. The molecule has 1 N–H and O–H groups in total. The van der Waals surface area contributed by atoms with E-state index < -0.39 is 0 Å². The van der Waals surface area contributed by atoms with Gasteiger partial charge in [0.2, 0.25) is 0 Å². The zero-order valence-corrected chi connectivity index (χ0v) is 13.7. The number of ether oxygens (including phenoxy) is 1. The van der Waals surface area contributed by atoms with Gasteiger partial charge < -0.3 is 19.4 Å². The molecule has 0 saturated carbocycles. The highest BCUT2D eigenvalue weighted by Crippen LogP contribution is 2.36. The van der Waals surface area contributed by atoms with Gasteiger partial charge in [-0.3, -0.25) is 9.78 Å². The second-order valence-corrected chi connectivity index (χ2v) is 6.65. The topological polar surface area (TPSA) is 67.6 Å². The number of carbonyl (C=O) groups is 1. The lowest BCUT2D eigenvalue weighted by Gasteiger charge is -2.23. The third-order valence-corrected chi connectivity index (χ3v) is 4.93. The van der Waals surface area contributed by atoms with E-state index in [0.717, 1.165) is 25.1 Å². The van der Waals surface area contributed by atoms with Gasteiger partial charge >= 0.3 is 0 Å². The van der Waals surface area contributed by atoms with E-state index >= 15 is 0 Å². The number of furan rings is 1. The molecule has 6 nitrogen and oxygen atoms in total. The van der Waals surface area contributed by atoms with E-state index in [0.29, 0.717) is 24.5 Å². The van der Waals surface area contributed by atoms with Crippen molar-refractivity contribution in [2.45, 2.75) is 31.4 Å². The normalized spacial score (nSPS) is 26.2. The predicted molar refractivity (Wildman–Crippen MR) is 88.9 cm³/mol. The van der Waals surface area contributed by atoms with Crippen LogP contribution in [0.1, 0.15) is 29.0 Å². The lowest BCUT2D eigenvalue weighted by Crippen LogP contribution is -2.36. The molecular formula is C18H21N3O3. The van der Waals surface area contributed by atoms with Gasteiger partial charge in [-0.1, -0.05) is 0 Å². The van der Waals surface area contributed by atoms with Gasteiger partial charge in [0.05, 0.1) is 42.3 Å². The number of anilines is 1. The van der Waals surface area contributed by atoms with Crippen molar-refractivity contribution in [2.24, 2.45) is 0 Å². The van der Waals surface area contributed by atoms with Crippen molar-refractivity contribution < 1.29 is 13.9 Å². The van der Waals surface area contributed by atoms with Gasteiger partial charge in [-0.15, -0.1) is 0 Å². The number of likely N-dealkylation sites (tertiary alicyclic amines) is 1. The molecule has 2 aromatic heterocycles. The van der Waals surface area contributed by atoms with Crippen molar-refractivity contribution in [2.75, 3.05) is 25.0 Å². The Kier molecular flexibility index (Phi) is 3.76. The fourth-order valence-corrected chi connectivity index (χ4v) is 3.70. The van der Waals surface area contributed by atoms with Crippen LogP contribution in [0.5, 0.6) is 0 Å². The second kappa shape index (κ2) is 5.94. The Morgan fingerprint density at radius 3 is 3.12 bits per heavy atom. The smallest absolute Gasteiger partial charge is 0.257 e. The van der Waals surface area contributed by atoms with E-state index in [1.807, 2.05) is 30.2 Å². The van der Waals surface area contributed by atoms with Crippen LogP contribution in [0.3, 0.4) is 0 Å². The van der Waals surface area contributed by atoms with E-state index in [2.05, 4.69) is 10.3 Å². The first-order valence-electron chi connectivity index (χ1n) is 8.29. The molecular weight excluding hydrogens is 306 g/mol. The molecule has 2 aliphatic heterocycles. The average Bonchev–Trinajstić information content (AvgIpc) is 3.30. The van der Waals surface area contributed by atoms with E-state index in [4.69, 9.17) is 9.15 Å². The molecule has 0 aromatic carbocycles. The SMILES string of the molecule is Cc1occc1C(=O)N1CC[C@]2(C[C@H](Nc3cccnc3)CO2)C1. The highest BCUT2D eigenvalue weighted by molar-refractivity contribution is 5.95. The number of rotatable bonds is 3. The fraction of sp³-hybridized carbons (Fsp3) is 0.444. The number of nitrogens with one attached hydrogen (secondary N) is 1. The molecule has 2 aromatic rings. The third kappa shape index (κ3) is 2.78. The Morgan fingerprint density at radius 2 is 2.38 bits per heavy atom. The van der Waals surface area contributed by atoms with Crippen molar-refractivity contribution in [3.05, 3.63) is 48.2 Å². The van der Waals surface area contributed by atoms with Crippen LogP contribution in [0.4, 0.5) is 5.69 Å². The third-order valence-electron chi connectivity index (χ3n) is 4.93. The van der Waals surface area contributed by atoms with E-state index in [1.165, 1.54) is 0 Å². The molecule has 4 rings (SSSR count). The Labute approximate surface area is 140 Å². The van der Waals surface area contributed by atoms with Crippen molar-refractivity contribution >= 4 is 11.6 Å². The van der Waals surface area contributed by atoms with E-state index in [9.17, 15) is 4.79 Å². The van der Waals surface area contributed by atoms with Gasteiger partial charge in [0.1, 0.15) is 5.76 Å². The van der Waals surface area contributed by atoms with Gasteiger partial charge in [-0.25, -0.2) is 0 Å². The molecule has 0 bridgehead atoms. The molecule has 0 unspecified atom stereocenters. The Bertz CT molecular complexity index is 730. The molecule has 2 saturated heterocycles. The summed E-state index contributed by atoms with van der Waals surface area (Å²) in [5, 5.41) is 3.47. The molecule has 0 aliphatic carbocycles. The summed E-state index contributed by atoms with van der Waals surface area (Å²) in [6.07, 6.45) is 6.92. The number of aryl methyl sites for hydroxylation is 1. The Morgan fingerprint density at radius 1 is 1.46 bits per heavy atom. The van der Waals surface area contributed by atoms with Crippen molar-refractivity contribution in [1.82, 2.24) is 9.88 Å². The Hall–Kier alpha value is -2.34. The number of nitrogens with zero attached hydrogens (tertiary/aromatic N) is 2. The highest BCUT2D eigenvalue weighted by atomic mass is 16.5. The van der Waals surface area contributed by atoms with Crippen LogP contribution < -0.4 is 5.32 Å². The Balaban J connectivity index is 1.40. The quantitative estimate of drug-likeness (QED) is 0.938. The zero-order chi connectivity index (χ0) is 16.6. The lowest BCUT2D eigenvalue weighted by atomic mass is 9.97. The first-order valence-corrected chi connectivity index (χ1v) is 8.29. The van der Waals surface area contributed by atoms with Crippen molar-refractivity contribution in [3.63, 3.8) is 0 Å². The maximum absolute atomic E-state index is 12.6. The average molecular weight is 327 g/mol. The number of hydrogen-bond acceptors (Lipinski definition) is 5. The maximum Gasteiger partial charge on any atom is 0.257 e. The van der Waals surface area contributed by atoms with Crippen molar-refractivity contribution in [1.29, 1.82) is 0 Å². The van der Waals surface area contributed by atoms with Crippen LogP contribution in [-0.2, 0) is 4.74 Å². The minimum atomic E-state index is -0.229. The number of aromatic nitrogens is 1. The zero-order valence-electron chi connectivity index (χ0n) is 13.7. The molecule has 1 spiro atoms. The first-order chi connectivity index (χ1) is 11.7. The summed E-state index contributed by atoms with van der Waals surface area (Å²) in [6.45, 7) is 3.84. The summed E-state index contributed by atoms with van der Waals surface area (Å²) >= 11 is 0. The van der Waals surface area contributed by atoms with Crippen LogP contribution in [-0.4, -0.2) is 47.1 Å². The van der Waals surface area contributed by atoms with Gasteiger partial charge in [0, 0.05) is 25.4 Å². The monoisotopic (exact) mass is 327 g/mol. The van der Waals surface area contributed by atoms with Gasteiger partial charge in [0.25, 0.3) is 5.91 Å². The summed E-state index contributed by atoms with van der Waals surface area (Å²) in [4.78, 5) is 18.6. The number of pyridine rings is 1. The predicted octanol–water partition coefficient (Wildman–Crippen LogP) is 2.47. The fourth-order valence-electron chi connectivity index (χ4n) is 3.70. The number of amides is 1. The maximum atomic E-state index is 12.6. The largest absolute Gasteiger partial charge is 0.469 e. The molecule has 24 heavy (non-hydrogen) atoms. The molecule has 0 radical (unpaired) electrons. The second-order valence-electron chi connectivity index (χ2n) is 6.65. The molecule has 4 heterocycles. The summed E-state index contributed by atoms with van der Waals surface area (Å²) < 4.78 is 11.4. The van der Waals surface area contributed by atoms with Crippen LogP contribution in [0.25, 0.3) is 0 Å². The molecule has 2 aliphatic rings. The minimum absolute atomic E-state index is 0.0328. The summed E-state index contributed by atoms with van der Waals surface area (Å²) in [7, 11) is 0. The standard InChI is InChI=1S/C18H21N3O3/c1-13-16(4-8-23-13)17(22)21-7-5-18(12-21)9-15(11-24-18)20-14-3-2-6-19-10-14/h2-4,6,8,10,15,20H,5,7,9,11-12H2,1H3/t15-,18-/m0/s1. The summed E-state index contributed by atoms with van der Waals surface area (Å²) in [5.41, 5.74) is 1.42. The van der Waals surface area contributed by atoms with Crippen LogP contribution in [0.15, 0.2) is 41.3 Å². The molecule has 2 atom stereocenters. The summed E-state index contributed by atoms with van der Waals surface area (Å²) in [5.74, 6) is 0.704. The lowest BCUT2D eigenvalue weighted by molar-refractivity contribution is 0.0124. The highest BCUT2D eigenvalue weighted by Gasteiger charge is 2.47. The van der Waals surface area contributed by atoms with Gasteiger partial charge in [-0.2, -0.15) is 0 Å². The van der Waals surface area contributed by atoms with Crippen molar-refractivity contribution in [3.8, 4) is 0 Å². The number of hydrogen-bond donors (Lipinski definition) is 1. The molecule has 1 amide bonds. The van der Waals surface area contributed by atoms with Gasteiger partial charge in [0.15, 0.2) is 0 Å². The summed E-state index contributed by atoms with van der Waals surface area (Å²) in [6, 6.07) is 5.91. The molecule has 6 heteroatoms. The van der Waals surface area contributed by atoms with Gasteiger partial charge in [-0.05, 0) is 31.5 Å². The van der Waals surface area contributed by atoms with Crippen LogP contribution >= 0.6 is 0 Å². The minimum Gasteiger partial charge on any atom is -0.469 e. The van der Waals surface area contributed by atoms with E-state index in [-0.39, 0.29) is 17.6 Å². The molecule has 126 valence electrons. The van der Waals surface area contributed by atoms with Crippen LogP contribution in [0.2, 0.25) is 0 Å². The van der Waals surface area contributed by atoms with Crippen LogP contribution in [0, 0.1) is 6.92 Å². The molecule has 2 fully saturated rings.